The minimum Gasteiger partial charge on any atom is -0.384 e. The maximum atomic E-state index is 3.39. The fraction of sp³-hybridized carbons (Fsp3) is 0.636. The van der Waals surface area contributed by atoms with Crippen molar-refractivity contribution in [3.05, 3.63) is 23.9 Å². The molecule has 0 atom stereocenters. The molecule has 0 unspecified atom stereocenters. The van der Waals surface area contributed by atoms with Crippen molar-refractivity contribution in [3.8, 4) is 0 Å². The molecule has 0 saturated heterocycles. The van der Waals surface area contributed by atoms with Gasteiger partial charge >= 0.3 is 0 Å². The molecule has 0 heterocycles. The Balaban J connectivity index is 2.05. The Morgan fingerprint density at radius 2 is 2.15 bits per heavy atom. The van der Waals surface area contributed by atoms with Gasteiger partial charge in [-0.15, -0.1) is 0 Å². The van der Waals surface area contributed by atoms with Crippen molar-refractivity contribution in [2.75, 3.05) is 13.1 Å². The van der Waals surface area contributed by atoms with Crippen molar-refractivity contribution in [3.63, 3.8) is 0 Å². The van der Waals surface area contributed by atoms with Gasteiger partial charge in [-0.3, -0.25) is 0 Å². The van der Waals surface area contributed by atoms with Gasteiger partial charge in [0.2, 0.25) is 0 Å². The minimum atomic E-state index is 0.581. The van der Waals surface area contributed by atoms with Crippen LogP contribution in [0.3, 0.4) is 0 Å². The molecule has 0 aromatic heterocycles. The lowest BCUT2D eigenvalue weighted by molar-refractivity contribution is 0.576. The van der Waals surface area contributed by atoms with E-state index in [2.05, 4.69) is 42.7 Å². The largest absolute Gasteiger partial charge is 0.384 e. The van der Waals surface area contributed by atoms with Crippen LogP contribution in [-0.2, 0) is 0 Å². The van der Waals surface area contributed by atoms with Crippen LogP contribution >= 0.6 is 0 Å². The second-order valence-electron chi connectivity index (χ2n) is 3.67. The highest BCUT2D eigenvalue weighted by atomic mass is 15.0. The van der Waals surface area contributed by atoms with Crippen LogP contribution in [0.5, 0.6) is 0 Å². The van der Waals surface area contributed by atoms with Crippen molar-refractivity contribution in [2.24, 2.45) is 0 Å². The van der Waals surface area contributed by atoms with Crippen LogP contribution in [0.15, 0.2) is 23.9 Å². The van der Waals surface area contributed by atoms with Gasteiger partial charge in [-0.1, -0.05) is 26.0 Å². The molecular weight excluding hydrogens is 160 g/mol. The average Bonchev–Trinajstić information content (AvgIpc) is 2.14. The summed E-state index contributed by atoms with van der Waals surface area (Å²) in [4.78, 5) is 0. The summed E-state index contributed by atoms with van der Waals surface area (Å²) >= 11 is 0. The molecule has 0 amide bonds. The van der Waals surface area contributed by atoms with E-state index in [-0.39, 0.29) is 0 Å². The second kappa shape index (κ2) is 5.81. The number of nitrogens with one attached hydrogen (secondary N) is 2. The maximum absolute atomic E-state index is 3.39. The Morgan fingerprint density at radius 3 is 2.77 bits per heavy atom. The molecule has 0 saturated carbocycles. The predicted octanol–water partition coefficient (Wildman–Crippen LogP) is 1.81. The van der Waals surface area contributed by atoms with Gasteiger partial charge in [0, 0.05) is 24.8 Å². The molecule has 0 radical (unpaired) electrons. The first-order valence-electron chi connectivity index (χ1n) is 5.13. The summed E-state index contributed by atoms with van der Waals surface area (Å²) < 4.78 is 0. The third-order valence-corrected chi connectivity index (χ3v) is 2.00. The van der Waals surface area contributed by atoms with E-state index >= 15 is 0 Å². The normalized spacial score (nSPS) is 16.1. The van der Waals surface area contributed by atoms with Crippen LogP contribution in [0.1, 0.15) is 26.7 Å². The van der Waals surface area contributed by atoms with Gasteiger partial charge in [-0.05, 0) is 18.9 Å². The highest BCUT2D eigenvalue weighted by molar-refractivity contribution is 5.20. The zero-order valence-electron chi connectivity index (χ0n) is 8.64. The van der Waals surface area contributed by atoms with Crippen LogP contribution in [0.25, 0.3) is 0 Å². The number of hydrogen-bond acceptors (Lipinski definition) is 2. The standard InChI is InChI=1S/C11H20N2/c1-10(2)12-8-9-13-11-6-4-3-5-7-11/h4,6-7,10,12-13H,3,5,8-9H2,1-2H3. The molecule has 1 rings (SSSR count). The fourth-order valence-electron chi connectivity index (χ4n) is 1.31. The van der Waals surface area contributed by atoms with Crippen molar-refractivity contribution >= 4 is 0 Å². The van der Waals surface area contributed by atoms with Gasteiger partial charge in [0.25, 0.3) is 0 Å². The first-order chi connectivity index (χ1) is 6.29. The van der Waals surface area contributed by atoms with Gasteiger partial charge in [0.05, 0.1) is 0 Å². The summed E-state index contributed by atoms with van der Waals surface area (Å²) in [5, 5.41) is 6.76. The van der Waals surface area contributed by atoms with E-state index in [4.69, 9.17) is 0 Å². The first kappa shape index (κ1) is 10.3. The van der Waals surface area contributed by atoms with Crippen LogP contribution in [0, 0.1) is 0 Å². The Bertz CT molecular complexity index is 192. The smallest absolute Gasteiger partial charge is 0.0296 e. The van der Waals surface area contributed by atoms with E-state index in [9.17, 15) is 0 Å². The second-order valence-corrected chi connectivity index (χ2v) is 3.67. The van der Waals surface area contributed by atoms with Crippen molar-refractivity contribution < 1.29 is 0 Å². The maximum Gasteiger partial charge on any atom is 0.0296 e. The Kier molecular flexibility index (Phi) is 4.61. The molecule has 0 aliphatic heterocycles. The summed E-state index contributed by atoms with van der Waals surface area (Å²) in [6.45, 7) is 6.37. The van der Waals surface area contributed by atoms with Gasteiger partial charge in [0.1, 0.15) is 0 Å². The van der Waals surface area contributed by atoms with Crippen LogP contribution in [-0.4, -0.2) is 19.1 Å². The SMILES string of the molecule is CC(C)NCCNC1=CCCC=C1. The molecular formula is C11H20N2. The van der Waals surface area contributed by atoms with Gasteiger partial charge in [-0.2, -0.15) is 0 Å². The molecule has 0 aromatic carbocycles. The van der Waals surface area contributed by atoms with E-state index in [1.165, 1.54) is 18.5 Å². The summed E-state index contributed by atoms with van der Waals surface area (Å²) in [7, 11) is 0. The Labute approximate surface area is 81.1 Å². The predicted molar refractivity (Wildman–Crippen MR) is 57.6 cm³/mol. The van der Waals surface area contributed by atoms with Crippen molar-refractivity contribution in [2.45, 2.75) is 32.7 Å². The molecule has 74 valence electrons. The Morgan fingerprint density at radius 1 is 1.31 bits per heavy atom. The lowest BCUT2D eigenvalue weighted by atomic mass is 10.1. The van der Waals surface area contributed by atoms with Crippen LogP contribution in [0.2, 0.25) is 0 Å². The number of hydrogen-bond donors (Lipinski definition) is 2. The molecule has 0 bridgehead atoms. The van der Waals surface area contributed by atoms with Crippen molar-refractivity contribution in [1.82, 2.24) is 10.6 Å². The highest BCUT2D eigenvalue weighted by Gasteiger charge is 1.95. The first-order valence-corrected chi connectivity index (χ1v) is 5.13. The lowest BCUT2D eigenvalue weighted by Gasteiger charge is -2.12. The Hall–Kier alpha value is -0.760. The van der Waals surface area contributed by atoms with E-state index in [1.54, 1.807) is 0 Å². The summed E-state index contributed by atoms with van der Waals surface area (Å²) in [6.07, 6.45) is 9.01. The third kappa shape index (κ3) is 4.73. The van der Waals surface area contributed by atoms with Gasteiger partial charge in [-0.25, -0.2) is 0 Å². The summed E-state index contributed by atoms with van der Waals surface area (Å²) in [5.41, 5.74) is 1.27. The van der Waals surface area contributed by atoms with Gasteiger partial charge < -0.3 is 10.6 Å². The molecule has 2 N–H and O–H groups in total. The van der Waals surface area contributed by atoms with E-state index in [1.807, 2.05) is 0 Å². The average molecular weight is 180 g/mol. The molecule has 1 aliphatic rings. The molecule has 2 nitrogen and oxygen atoms in total. The number of rotatable bonds is 5. The topological polar surface area (TPSA) is 24.1 Å². The van der Waals surface area contributed by atoms with Crippen molar-refractivity contribution in [1.29, 1.82) is 0 Å². The number of allylic oxidation sites excluding steroid dienone is 3. The molecule has 0 aromatic rings. The molecule has 0 spiro atoms. The minimum absolute atomic E-state index is 0.581. The van der Waals surface area contributed by atoms with E-state index < -0.39 is 0 Å². The van der Waals surface area contributed by atoms with Crippen LogP contribution < -0.4 is 10.6 Å². The van der Waals surface area contributed by atoms with E-state index in [0.29, 0.717) is 6.04 Å². The zero-order valence-corrected chi connectivity index (χ0v) is 8.64. The molecule has 1 aliphatic carbocycles. The third-order valence-electron chi connectivity index (χ3n) is 2.00. The summed E-state index contributed by atoms with van der Waals surface area (Å²) in [5.74, 6) is 0. The van der Waals surface area contributed by atoms with E-state index in [0.717, 1.165) is 13.1 Å². The quantitative estimate of drug-likeness (QED) is 0.630. The lowest BCUT2D eigenvalue weighted by Crippen LogP contribution is -2.31. The zero-order chi connectivity index (χ0) is 9.52. The molecule has 13 heavy (non-hydrogen) atoms. The fourth-order valence-corrected chi connectivity index (χ4v) is 1.31. The van der Waals surface area contributed by atoms with Crippen LogP contribution in [0.4, 0.5) is 0 Å². The molecule has 2 heteroatoms. The molecule has 0 fully saturated rings. The highest BCUT2D eigenvalue weighted by Crippen LogP contribution is 2.05. The monoisotopic (exact) mass is 180 g/mol. The summed E-state index contributed by atoms with van der Waals surface area (Å²) in [6, 6.07) is 0.581. The van der Waals surface area contributed by atoms with Gasteiger partial charge in [0.15, 0.2) is 0 Å².